The molecule has 2 aromatic rings. The van der Waals surface area contributed by atoms with Gasteiger partial charge in [-0.2, -0.15) is 0 Å². The fourth-order valence-corrected chi connectivity index (χ4v) is 1.77. The Hall–Kier alpha value is -1.89. The molecule has 19 heavy (non-hydrogen) atoms. The second kappa shape index (κ2) is 5.83. The van der Waals surface area contributed by atoms with Gasteiger partial charge in [-0.25, -0.2) is 0 Å². The third-order valence-corrected chi connectivity index (χ3v) is 2.68. The number of nitrogens with zero attached hydrogens (tertiary/aromatic N) is 1. The average molecular weight is 252 g/mol. The highest BCUT2D eigenvalue weighted by Gasteiger charge is 2.11. The van der Waals surface area contributed by atoms with Crippen molar-refractivity contribution >= 4 is 5.71 Å². The summed E-state index contributed by atoms with van der Waals surface area (Å²) in [6.45, 7) is 5.64. The van der Waals surface area contributed by atoms with Crippen molar-refractivity contribution in [3.63, 3.8) is 0 Å². The van der Waals surface area contributed by atoms with Crippen LogP contribution in [0.25, 0.3) is 0 Å². The normalized spacial score (nSPS) is 13.5. The van der Waals surface area contributed by atoms with E-state index in [0.29, 0.717) is 0 Å². The predicted octanol–water partition coefficient (Wildman–Crippen LogP) is 4.57. The molecule has 1 nitrogen and oxygen atoms in total. The minimum Gasteiger partial charge on any atom is -0.284 e. The van der Waals surface area contributed by atoms with Crippen LogP contribution in [0.15, 0.2) is 65.7 Å². The predicted molar refractivity (Wildman–Crippen MR) is 82.8 cm³/mol. The molecule has 0 aliphatic heterocycles. The van der Waals surface area contributed by atoms with Gasteiger partial charge in [0.05, 0.1) is 7.08 Å². The second-order valence-corrected chi connectivity index (χ2v) is 5.70. The Morgan fingerprint density at radius 2 is 1.32 bits per heavy atom. The Morgan fingerprint density at radius 3 is 1.68 bits per heavy atom. The molecule has 0 aliphatic rings. The molecule has 0 saturated carbocycles. The molecule has 0 heterocycles. The van der Waals surface area contributed by atoms with Crippen LogP contribution in [0.1, 0.15) is 33.3 Å². The zero-order chi connectivity index (χ0) is 14.6. The van der Waals surface area contributed by atoms with Gasteiger partial charge in [-0.1, -0.05) is 81.4 Å². The van der Waals surface area contributed by atoms with Crippen LogP contribution >= 0.6 is 0 Å². The number of aliphatic imine (C=N–C) groups is 1. The van der Waals surface area contributed by atoms with E-state index in [2.05, 4.69) is 4.99 Å². The van der Waals surface area contributed by atoms with E-state index in [1.807, 2.05) is 81.4 Å². The Balaban J connectivity index is 2.49. The fourth-order valence-electron chi connectivity index (χ4n) is 1.77. The van der Waals surface area contributed by atoms with Crippen LogP contribution in [0.4, 0.5) is 0 Å². The van der Waals surface area contributed by atoms with Crippen molar-refractivity contribution in [3.05, 3.63) is 71.8 Å². The molecule has 0 saturated heterocycles. The van der Waals surface area contributed by atoms with Gasteiger partial charge < -0.3 is 0 Å². The first-order valence-corrected chi connectivity index (χ1v) is 6.59. The topological polar surface area (TPSA) is 12.4 Å². The average Bonchev–Trinajstić information content (AvgIpc) is 2.45. The fraction of sp³-hybridized carbons (Fsp3) is 0.278. The molecule has 1 atom stereocenters. The molecule has 0 spiro atoms. The molecule has 2 rings (SSSR count). The molecule has 0 N–H and O–H groups in total. The van der Waals surface area contributed by atoms with Gasteiger partial charge in [0.15, 0.2) is 0 Å². The van der Waals surface area contributed by atoms with Crippen LogP contribution in [0.3, 0.4) is 0 Å². The Morgan fingerprint density at radius 1 is 0.895 bits per heavy atom. The summed E-state index contributed by atoms with van der Waals surface area (Å²) in [7, 11) is 0. The zero-order valence-electron chi connectivity index (χ0n) is 12.8. The van der Waals surface area contributed by atoms with E-state index in [4.69, 9.17) is 1.37 Å². The summed E-state index contributed by atoms with van der Waals surface area (Å²) in [5.74, 6) is 0. The van der Waals surface area contributed by atoms with Crippen molar-refractivity contribution in [2.24, 2.45) is 10.4 Å². The maximum absolute atomic E-state index is 8.27. The van der Waals surface area contributed by atoms with Gasteiger partial charge in [0.25, 0.3) is 0 Å². The summed E-state index contributed by atoms with van der Waals surface area (Å²) in [5.41, 5.74) is 2.83. The summed E-state index contributed by atoms with van der Waals surface area (Å²) in [6.07, 6.45) is 0. The van der Waals surface area contributed by atoms with Crippen molar-refractivity contribution in [2.45, 2.75) is 20.8 Å². The molecule has 0 radical (unpaired) electrons. The van der Waals surface area contributed by atoms with Gasteiger partial charge in [-0.05, 0) is 5.41 Å². The zero-order valence-corrected chi connectivity index (χ0v) is 11.8. The van der Waals surface area contributed by atoms with E-state index < -0.39 is 6.52 Å². The van der Waals surface area contributed by atoms with E-state index in [1.54, 1.807) is 0 Å². The second-order valence-electron chi connectivity index (χ2n) is 5.70. The van der Waals surface area contributed by atoms with Gasteiger partial charge in [0.1, 0.15) is 0 Å². The van der Waals surface area contributed by atoms with E-state index in [1.165, 1.54) is 0 Å². The number of hydrogen-bond donors (Lipinski definition) is 0. The third kappa shape index (κ3) is 4.06. The maximum atomic E-state index is 8.27. The van der Waals surface area contributed by atoms with Crippen LogP contribution in [0, 0.1) is 5.41 Å². The first-order chi connectivity index (χ1) is 9.48. The quantitative estimate of drug-likeness (QED) is 0.710. The standard InChI is InChI=1S/C18H21N/c1-18(2,3)14-19-17(15-10-6-4-7-11-15)16-12-8-5-9-13-16/h4-13H,14H2,1-3H3/i14D/t14-/m0/s1. The summed E-state index contributed by atoms with van der Waals surface area (Å²) in [6, 6.07) is 20.2. The van der Waals surface area contributed by atoms with Gasteiger partial charge in [-0.15, -0.1) is 0 Å². The van der Waals surface area contributed by atoms with Crippen LogP contribution < -0.4 is 0 Å². The lowest BCUT2D eigenvalue weighted by molar-refractivity contribution is 0.430. The first kappa shape index (κ1) is 12.2. The van der Waals surface area contributed by atoms with E-state index >= 15 is 0 Å². The highest BCUT2D eigenvalue weighted by atomic mass is 14.8. The lowest BCUT2D eigenvalue weighted by Gasteiger charge is -2.16. The van der Waals surface area contributed by atoms with Gasteiger partial charge in [-0.3, -0.25) is 4.99 Å². The van der Waals surface area contributed by atoms with E-state index in [0.717, 1.165) is 16.8 Å². The molecule has 0 fully saturated rings. The van der Waals surface area contributed by atoms with Crippen molar-refractivity contribution in [1.82, 2.24) is 0 Å². The highest BCUT2D eigenvalue weighted by molar-refractivity contribution is 6.12. The smallest absolute Gasteiger partial charge is 0.0719 e. The van der Waals surface area contributed by atoms with Crippen LogP contribution in [-0.4, -0.2) is 12.2 Å². The molecule has 0 aliphatic carbocycles. The molecule has 1 heteroatoms. The largest absolute Gasteiger partial charge is 0.284 e. The van der Waals surface area contributed by atoms with E-state index in [-0.39, 0.29) is 5.41 Å². The van der Waals surface area contributed by atoms with Crippen LogP contribution in [0.5, 0.6) is 0 Å². The molecule has 0 unspecified atom stereocenters. The van der Waals surface area contributed by atoms with Crippen molar-refractivity contribution in [2.75, 3.05) is 6.52 Å². The number of hydrogen-bond acceptors (Lipinski definition) is 1. The summed E-state index contributed by atoms with van der Waals surface area (Å²) >= 11 is 0. The summed E-state index contributed by atoms with van der Waals surface area (Å²) in [5, 5.41) is 0. The molecule has 0 aromatic heterocycles. The summed E-state index contributed by atoms with van der Waals surface area (Å²) < 4.78 is 8.27. The first-order valence-electron chi connectivity index (χ1n) is 7.17. The Labute approximate surface area is 117 Å². The molecule has 2 aromatic carbocycles. The van der Waals surface area contributed by atoms with Crippen LogP contribution in [-0.2, 0) is 0 Å². The molecule has 98 valence electrons. The number of benzene rings is 2. The minimum atomic E-state index is -0.488. The number of rotatable bonds is 3. The van der Waals surface area contributed by atoms with Gasteiger partial charge in [0, 0.05) is 17.6 Å². The molecule has 0 bridgehead atoms. The van der Waals surface area contributed by atoms with Crippen LogP contribution in [0.2, 0.25) is 0 Å². The SMILES string of the molecule is [2H][C@H](N=C(c1ccccc1)c1ccccc1)C(C)(C)C. The maximum Gasteiger partial charge on any atom is 0.0719 e. The minimum absolute atomic E-state index is 0.172. The van der Waals surface area contributed by atoms with Crippen molar-refractivity contribution in [3.8, 4) is 0 Å². The highest BCUT2D eigenvalue weighted by Crippen LogP contribution is 2.16. The Kier molecular flexibility index (Phi) is 3.73. The molecular weight excluding hydrogens is 230 g/mol. The monoisotopic (exact) mass is 252 g/mol. The Bertz CT molecular complexity index is 526. The van der Waals surface area contributed by atoms with Gasteiger partial charge >= 0.3 is 0 Å². The lowest BCUT2D eigenvalue weighted by atomic mass is 9.96. The molecule has 0 amide bonds. The molecular formula is C18H21N. The third-order valence-electron chi connectivity index (χ3n) is 2.68. The lowest BCUT2D eigenvalue weighted by Crippen LogP contribution is -2.13. The van der Waals surface area contributed by atoms with E-state index in [9.17, 15) is 0 Å². The van der Waals surface area contributed by atoms with Crippen molar-refractivity contribution in [1.29, 1.82) is 0 Å². The van der Waals surface area contributed by atoms with Gasteiger partial charge in [0.2, 0.25) is 0 Å². The van der Waals surface area contributed by atoms with Crippen molar-refractivity contribution < 1.29 is 1.37 Å². The summed E-state index contributed by atoms with van der Waals surface area (Å²) in [4.78, 5) is 4.67.